The van der Waals surface area contributed by atoms with Gasteiger partial charge in [-0.05, 0) is 44.0 Å². The fourth-order valence-corrected chi connectivity index (χ4v) is 2.63. The predicted molar refractivity (Wildman–Crippen MR) is 79.6 cm³/mol. The second-order valence-electron chi connectivity index (χ2n) is 5.45. The third-order valence-corrected chi connectivity index (χ3v) is 4.55. The van der Waals surface area contributed by atoms with E-state index in [0.717, 1.165) is 6.26 Å². The van der Waals surface area contributed by atoms with Crippen LogP contribution in [-0.2, 0) is 9.53 Å². The summed E-state index contributed by atoms with van der Waals surface area (Å²) in [6.45, 7) is 1.82. The van der Waals surface area contributed by atoms with E-state index < -0.39 is 26.7 Å². The molecule has 2 rings (SSSR count). The smallest absolute Gasteiger partial charge is 0.310 e. The van der Waals surface area contributed by atoms with Crippen LogP contribution in [-0.4, -0.2) is 18.2 Å². The molecule has 0 radical (unpaired) electrons. The van der Waals surface area contributed by atoms with E-state index in [1.807, 2.05) is 0 Å². The largest absolute Gasteiger partial charge is 0.501 e. The Labute approximate surface area is 135 Å². The average molecular weight is 370 g/mol. The van der Waals surface area contributed by atoms with Crippen molar-refractivity contribution in [3.8, 4) is 0 Å². The number of benzene rings is 1. The molecule has 3 nitrogen and oxygen atoms in total. The van der Waals surface area contributed by atoms with Crippen molar-refractivity contribution >= 4 is 21.8 Å². The Balaban J connectivity index is 2.33. The average Bonchev–Trinajstić information content (AvgIpc) is 3.29. The van der Waals surface area contributed by atoms with E-state index in [4.69, 9.17) is 4.74 Å². The molecule has 0 bridgehead atoms. The van der Waals surface area contributed by atoms with Crippen molar-refractivity contribution in [3.63, 3.8) is 0 Å². The Kier molecular flexibility index (Phi) is 4.07. The van der Waals surface area contributed by atoms with Crippen LogP contribution in [0.5, 0.6) is 0 Å². The number of Topliss-reactive ketones (excluding diaryl/α,β-unsaturated/α-hetero) is 2. The van der Waals surface area contributed by atoms with E-state index in [-0.39, 0.29) is 35.8 Å². The molecule has 1 saturated carbocycles. The van der Waals surface area contributed by atoms with Gasteiger partial charge in [0.15, 0.2) is 11.6 Å². The Hall–Kier alpha value is -1.90. The van der Waals surface area contributed by atoms with Gasteiger partial charge in [0, 0.05) is 11.5 Å². The summed E-state index contributed by atoms with van der Waals surface area (Å²) in [5.74, 6) is -1.61. The zero-order chi connectivity index (χ0) is 18.2. The minimum absolute atomic E-state index is 0.148. The molecular formula is C15H15F5O3S. The van der Waals surface area contributed by atoms with Crippen molar-refractivity contribution in [2.75, 3.05) is 6.61 Å². The lowest BCUT2D eigenvalue weighted by molar-refractivity contribution is -0.116. The van der Waals surface area contributed by atoms with Gasteiger partial charge in [-0.1, -0.05) is 19.4 Å². The van der Waals surface area contributed by atoms with Crippen LogP contribution in [0.3, 0.4) is 0 Å². The predicted octanol–water partition coefficient (Wildman–Crippen LogP) is 5.43. The minimum Gasteiger partial charge on any atom is -0.501 e. The molecule has 0 aromatic heterocycles. The number of carbonyl (C=O) groups is 2. The highest BCUT2D eigenvalue weighted by Gasteiger charge is 2.65. The van der Waals surface area contributed by atoms with Gasteiger partial charge in [0.05, 0.1) is 12.9 Å². The molecule has 0 spiro atoms. The monoisotopic (exact) mass is 370 g/mol. The first-order chi connectivity index (χ1) is 10.8. The third-order valence-electron chi connectivity index (χ3n) is 3.39. The fraction of sp³-hybridized carbons (Fsp3) is 0.333. The highest BCUT2D eigenvalue weighted by molar-refractivity contribution is 8.45. The van der Waals surface area contributed by atoms with Gasteiger partial charge in [-0.3, -0.25) is 9.59 Å². The summed E-state index contributed by atoms with van der Waals surface area (Å²) in [5.41, 5.74) is -0.583. The summed E-state index contributed by atoms with van der Waals surface area (Å²) in [6, 6.07) is 1.56. The first-order valence-electron chi connectivity index (χ1n) is 7.08. The summed E-state index contributed by atoms with van der Waals surface area (Å²) in [7, 11) is -9.79. The maximum atomic E-state index is 12.7. The first-order valence-corrected chi connectivity index (χ1v) is 9.03. The molecule has 0 saturated heterocycles. The SMILES string of the molecule is CCO/C=C(/C(=O)c1ccc(S(F)(F)(F)(F)F)cc1)C(=O)C1CC1. The van der Waals surface area contributed by atoms with Crippen LogP contribution in [0.15, 0.2) is 41.0 Å². The molecule has 0 aliphatic heterocycles. The van der Waals surface area contributed by atoms with Crippen molar-refractivity contribution in [1.82, 2.24) is 0 Å². The van der Waals surface area contributed by atoms with Crippen molar-refractivity contribution in [1.29, 1.82) is 0 Å². The molecule has 0 amide bonds. The number of rotatable bonds is 7. The lowest BCUT2D eigenvalue weighted by atomic mass is 9.99. The summed E-state index contributed by atoms with van der Waals surface area (Å²) in [4.78, 5) is 22.3. The molecule has 9 heteroatoms. The van der Waals surface area contributed by atoms with E-state index in [0.29, 0.717) is 25.0 Å². The quantitative estimate of drug-likeness (QED) is 0.161. The molecule has 0 atom stereocenters. The zero-order valence-electron chi connectivity index (χ0n) is 12.6. The van der Waals surface area contributed by atoms with Gasteiger partial charge >= 0.3 is 10.2 Å². The summed E-state index contributed by atoms with van der Waals surface area (Å²) in [5, 5.41) is 0. The Morgan fingerprint density at radius 3 is 2.08 bits per heavy atom. The highest BCUT2D eigenvalue weighted by atomic mass is 32.5. The maximum absolute atomic E-state index is 12.7. The summed E-state index contributed by atoms with van der Waals surface area (Å²) < 4.78 is 68.3. The van der Waals surface area contributed by atoms with Gasteiger partial charge in [-0.25, -0.2) is 0 Å². The van der Waals surface area contributed by atoms with Crippen LogP contribution in [0.4, 0.5) is 19.4 Å². The van der Waals surface area contributed by atoms with Crippen LogP contribution in [0, 0.1) is 5.92 Å². The molecular weight excluding hydrogens is 355 g/mol. The molecule has 134 valence electrons. The van der Waals surface area contributed by atoms with E-state index in [1.54, 1.807) is 6.92 Å². The van der Waals surface area contributed by atoms with Gasteiger partial charge in [0.2, 0.25) is 0 Å². The molecule has 24 heavy (non-hydrogen) atoms. The van der Waals surface area contributed by atoms with Crippen LogP contribution in [0.1, 0.15) is 30.1 Å². The van der Waals surface area contributed by atoms with Crippen LogP contribution in [0.25, 0.3) is 0 Å². The van der Waals surface area contributed by atoms with E-state index in [2.05, 4.69) is 0 Å². The maximum Gasteiger partial charge on any atom is 0.310 e. The van der Waals surface area contributed by atoms with Gasteiger partial charge in [-0.15, -0.1) is 0 Å². The number of hydrogen-bond donors (Lipinski definition) is 0. The van der Waals surface area contributed by atoms with E-state index in [1.165, 1.54) is 0 Å². The number of hydrogen-bond acceptors (Lipinski definition) is 3. The fourth-order valence-electron chi connectivity index (χ4n) is 1.97. The first kappa shape index (κ1) is 18.4. The molecule has 1 fully saturated rings. The van der Waals surface area contributed by atoms with Crippen LogP contribution < -0.4 is 0 Å². The van der Waals surface area contributed by atoms with Gasteiger partial charge < -0.3 is 4.74 Å². The molecule has 0 N–H and O–H groups in total. The van der Waals surface area contributed by atoms with Gasteiger partial charge in [-0.2, -0.15) is 0 Å². The van der Waals surface area contributed by atoms with Crippen LogP contribution >= 0.6 is 10.2 Å². The molecule has 1 aliphatic carbocycles. The molecule has 1 aromatic carbocycles. The summed E-state index contributed by atoms with van der Waals surface area (Å²) >= 11 is 0. The zero-order valence-corrected chi connectivity index (χ0v) is 13.4. The molecule has 0 heterocycles. The van der Waals surface area contributed by atoms with Crippen molar-refractivity contribution in [2.24, 2.45) is 5.92 Å². The lowest BCUT2D eigenvalue weighted by Crippen LogP contribution is -2.16. The van der Waals surface area contributed by atoms with Crippen molar-refractivity contribution in [3.05, 3.63) is 41.7 Å². The number of carbonyl (C=O) groups excluding carboxylic acids is 2. The topological polar surface area (TPSA) is 43.4 Å². The van der Waals surface area contributed by atoms with Gasteiger partial charge in [0.1, 0.15) is 10.5 Å². The van der Waals surface area contributed by atoms with Crippen molar-refractivity contribution in [2.45, 2.75) is 24.7 Å². The standard InChI is InChI=1S/C15H15F5O3S/c1-2-23-9-13(14(21)10-3-4-10)15(22)11-5-7-12(8-6-11)24(16,17,18,19)20/h5-10H,2-4H2,1H3/b13-9+. The van der Waals surface area contributed by atoms with E-state index >= 15 is 0 Å². The minimum atomic E-state index is -9.79. The number of ketones is 2. The Morgan fingerprint density at radius 2 is 1.67 bits per heavy atom. The molecule has 1 aliphatic rings. The van der Waals surface area contributed by atoms with Crippen molar-refractivity contribution < 1.29 is 33.8 Å². The van der Waals surface area contributed by atoms with E-state index in [9.17, 15) is 29.0 Å². The molecule has 0 unspecified atom stereocenters. The number of ether oxygens (including phenoxy) is 1. The normalized spacial score (nSPS) is 18.5. The van der Waals surface area contributed by atoms with Gasteiger partial charge in [0.25, 0.3) is 0 Å². The number of halogens is 5. The highest BCUT2D eigenvalue weighted by Crippen LogP contribution is 3.02. The molecule has 1 aromatic rings. The second-order valence-corrected chi connectivity index (χ2v) is 7.86. The Bertz CT molecular complexity index is 703. The summed E-state index contributed by atoms with van der Waals surface area (Å²) in [6.07, 6.45) is 2.22. The Morgan fingerprint density at radius 1 is 1.12 bits per heavy atom. The number of allylic oxidation sites excluding steroid dienone is 1. The van der Waals surface area contributed by atoms with Crippen LogP contribution in [0.2, 0.25) is 0 Å². The third kappa shape index (κ3) is 4.34. The second kappa shape index (κ2) is 5.30. The lowest BCUT2D eigenvalue weighted by Gasteiger charge is -2.40.